The van der Waals surface area contributed by atoms with E-state index >= 15 is 0 Å². The zero-order valence-electron chi connectivity index (χ0n) is 11.1. The fourth-order valence-corrected chi connectivity index (χ4v) is 1.48. The first-order valence-electron chi connectivity index (χ1n) is 5.94. The molecule has 0 saturated heterocycles. The molecule has 0 aromatic heterocycles. The van der Waals surface area contributed by atoms with Gasteiger partial charge in [0.1, 0.15) is 6.04 Å². The minimum atomic E-state index is -0.316. The van der Waals surface area contributed by atoms with Crippen LogP contribution >= 0.6 is 0 Å². The van der Waals surface area contributed by atoms with Crippen LogP contribution in [0.3, 0.4) is 0 Å². The van der Waals surface area contributed by atoms with Crippen molar-refractivity contribution in [3.8, 4) is 0 Å². The van der Waals surface area contributed by atoms with Gasteiger partial charge in [-0.2, -0.15) is 0 Å². The predicted molar refractivity (Wildman–Crippen MR) is 73.6 cm³/mol. The van der Waals surface area contributed by atoms with Crippen molar-refractivity contribution < 1.29 is 9.53 Å². The molecule has 0 aliphatic rings. The average molecular weight is 251 g/mol. The van der Waals surface area contributed by atoms with E-state index in [2.05, 4.69) is 10.6 Å². The van der Waals surface area contributed by atoms with Crippen LogP contribution < -0.4 is 16.4 Å². The van der Waals surface area contributed by atoms with Crippen LogP contribution in [-0.4, -0.2) is 32.2 Å². The number of carbonyl (C=O) groups excluding carboxylic acids is 1. The maximum absolute atomic E-state index is 11.7. The number of hydrogen-bond acceptors (Lipinski definition) is 4. The van der Waals surface area contributed by atoms with Gasteiger partial charge >= 0.3 is 0 Å². The summed E-state index contributed by atoms with van der Waals surface area (Å²) in [6.45, 7) is 4.77. The summed E-state index contributed by atoms with van der Waals surface area (Å²) < 4.78 is 4.87. The van der Waals surface area contributed by atoms with E-state index in [1.807, 2.05) is 25.1 Å². The number of rotatable bonds is 6. The molecular weight excluding hydrogens is 230 g/mol. The topological polar surface area (TPSA) is 76.4 Å². The number of nitrogens with two attached hydrogens (primary N) is 1. The minimum absolute atomic E-state index is 0.0637. The molecule has 5 nitrogen and oxygen atoms in total. The van der Waals surface area contributed by atoms with Crippen molar-refractivity contribution in [2.24, 2.45) is 0 Å². The standard InChI is InChI=1S/C13H21N3O2/c1-9-4-5-11(8-12(9)14)16-10(2)13(17)15-6-7-18-3/h4-5,8,10,16H,6-7,14H2,1-3H3,(H,15,17). The first-order valence-corrected chi connectivity index (χ1v) is 5.94. The molecule has 1 atom stereocenters. The summed E-state index contributed by atoms with van der Waals surface area (Å²) in [6.07, 6.45) is 0. The summed E-state index contributed by atoms with van der Waals surface area (Å²) in [6, 6.07) is 5.34. The Morgan fingerprint density at radius 2 is 2.22 bits per heavy atom. The van der Waals surface area contributed by atoms with Crippen LogP contribution in [0.2, 0.25) is 0 Å². The normalized spacial score (nSPS) is 11.9. The monoisotopic (exact) mass is 251 g/mol. The van der Waals surface area contributed by atoms with Gasteiger partial charge in [-0.3, -0.25) is 4.79 Å². The third-order valence-corrected chi connectivity index (χ3v) is 2.66. The van der Waals surface area contributed by atoms with E-state index in [1.165, 1.54) is 0 Å². The van der Waals surface area contributed by atoms with E-state index in [4.69, 9.17) is 10.5 Å². The quantitative estimate of drug-likeness (QED) is 0.523. The van der Waals surface area contributed by atoms with E-state index < -0.39 is 0 Å². The molecule has 0 bridgehead atoms. The number of nitrogens with one attached hydrogen (secondary N) is 2. The second-order valence-electron chi connectivity index (χ2n) is 4.22. The molecule has 0 spiro atoms. The van der Waals surface area contributed by atoms with Crippen LogP contribution in [0.1, 0.15) is 12.5 Å². The number of carbonyl (C=O) groups is 1. The number of nitrogen functional groups attached to an aromatic ring is 1. The van der Waals surface area contributed by atoms with Crippen LogP contribution in [-0.2, 0) is 9.53 Å². The highest BCUT2D eigenvalue weighted by Gasteiger charge is 2.11. The van der Waals surface area contributed by atoms with E-state index in [1.54, 1.807) is 14.0 Å². The fourth-order valence-electron chi connectivity index (χ4n) is 1.48. The van der Waals surface area contributed by atoms with Crippen molar-refractivity contribution in [2.75, 3.05) is 31.3 Å². The second-order valence-corrected chi connectivity index (χ2v) is 4.22. The minimum Gasteiger partial charge on any atom is -0.398 e. The molecule has 0 radical (unpaired) electrons. The van der Waals surface area contributed by atoms with Crippen molar-refractivity contribution >= 4 is 17.3 Å². The van der Waals surface area contributed by atoms with Gasteiger partial charge in [0, 0.05) is 25.0 Å². The molecule has 1 aromatic rings. The Morgan fingerprint density at radius 3 is 2.83 bits per heavy atom. The summed E-state index contributed by atoms with van der Waals surface area (Å²) in [7, 11) is 1.60. The molecule has 0 aliphatic carbocycles. The Balaban J connectivity index is 2.50. The van der Waals surface area contributed by atoms with Gasteiger partial charge < -0.3 is 21.1 Å². The number of hydrogen-bond donors (Lipinski definition) is 3. The van der Waals surface area contributed by atoms with Crippen LogP contribution in [0.4, 0.5) is 11.4 Å². The summed E-state index contributed by atoms with van der Waals surface area (Å²) >= 11 is 0. The lowest BCUT2D eigenvalue weighted by molar-refractivity contribution is -0.121. The van der Waals surface area contributed by atoms with Gasteiger partial charge in [-0.25, -0.2) is 0 Å². The summed E-state index contributed by atoms with van der Waals surface area (Å²) in [5.41, 5.74) is 8.39. The second kappa shape index (κ2) is 6.86. The van der Waals surface area contributed by atoms with Crippen molar-refractivity contribution in [1.82, 2.24) is 5.32 Å². The third kappa shape index (κ3) is 4.25. The lowest BCUT2D eigenvalue weighted by Crippen LogP contribution is -2.39. The van der Waals surface area contributed by atoms with Gasteiger partial charge in [-0.1, -0.05) is 6.07 Å². The van der Waals surface area contributed by atoms with Crippen molar-refractivity contribution in [3.05, 3.63) is 23.8 Å². The molecule has 0 fully saturated rings. The Hall–Kier alpha value is -1.75. The van der Waals surface area contributed by atoms with Crippen molar-refractivity contribution in [1.29, 1.82) is 0 Å². The highest BCUT2D eigenvalue weighted by atomic mass is 16.5. The van der Waals surface area contributed by atoms with Gasteiger partial charge in [-0.15, -0.1) is 0 Å². The van der Waals surface area contributed by atoms with Gasteiger partial charge in [0.05, 0.1) is 6.61 Å². The van der Waals surface area contributed by atoms with Gasteiger partial charge in [-0.05, 0) is 31.5 Å². The van der Waals surface area contributed by atoms with Crippen LogP contribution in [0.5, 0.6) is 0 Å². The van der Waals surface area contributed by atoms with Crippen molar-refractivity contribution in [3.63, 3.8) is 0 Å². The number of amides is 1. The molecule has 0 aliphatic heterocycles. The number of methoxy groups -OCH3 is 1. The van der Waals surface area contributed by atoms with E-state index in [0.717, 1.165) is 11.3 Å². The van der Waals surface area contributed by atoms with Crippen LogP contribution in [0.25, 0.3) is 0 Å². The first kappa shape index (κ1) is 14.3. The van der Waals surface area contributed by atoms with Gasteiger partial charge in [0.25, 0.3) is 0 Å². The number of anilines is 2. The maximum atomic E-state index is 11.7. The van der Waals surface area contributed by atoms with Crippen LogP contribution in [0.15, 0.2) is 18.2 Å². The van der Waals surface area contributed by atoms with E-state index in [9.17, 15) is 4.79 Å². The molecule has 0 heterocycles. The lowest BCUT2D eigenvalue weighted by Gasteiger charge is -2.16. The molecular formula is C13H21N3O2. The molecule has 1 rings (SSSR count). The van der Waals surface area contributed by atoms with E-state index in [-0.39, 0.29) is 11.9 Å². The zero-order chi connectivity index (χ0) is 13.5. The molecule has 4 N–H and O–H groups in total. The SMILES string of the molecule is COCCNC(=O)C(C)Nc1ccc(C)c(N)c1. The molecule has 1 unspecified atom stereocenters. The number of benzene rings is 1. The molecule has 1 amide bonds. The Morgan fingerprint density at radius 1 is 1.50 bits per heavy atom. The zero-order valence-corrected chi connectivity index (χ0v) is 11.1. The molecule has 1 aromatic carbocycles. The van der Waals surface area contributed by atoms with Gasteiger partial charge in [0.15, 0.2) is 0 Å². The fraction of sp³-hybridized carbons (Fsp3) is 0.462. The maximum Gasteiger partial charge on any atom is 0.242 e. The predicted octanol–water partition coefficient (Wildman–Crippen LogP) is 1.14. The Bertz CT molecular complexity index is 407. The Labute approximate surface area is 108 Å². The van der Waals surface area contributed by atoms with Crippen molar-refractivity contribution in [2.45, 2.75) is 19.9 Å². The molecule has 18 heavy (non-hydrogen) atoms. The van der Waals surface area contributed by atoms with Crippen LogP contribution in [0, 0.1) is 6.92 Å². The highest BCUT2D eigenvalue weighted by Crippen LogP contribution is 2.17. The molecule has 5 heteroatoms. The number of aryl methyl sites for hydroxylation is 1. The average Bonchev–Trinajstić information content (AvgIpc) is 2.34. The summed E-state index contributed by atoms with van der Waals surface area (Å²) in [5, 5.41) is 5.88. The molecule has 0 saturated carbocycles. The van der Waals surface area contributed by atoms with E-state index in [0.29, 0.717) is 18.8 Å². The number of ether oxygens (including phenoxy) is 1. The summed E-state index contributed by atoms with van der Waals surface area (Å²) in [4.78, 5) is 11.7. The molecule has 100 valence electrons. The Kier molecular flexibility index (Phi) is 5.45. The first-order chi connectivity index (χ1) is 8.54. The smallest absolute Gasteiger partial charge is 0.242 e. The highest BCUT2D eigenvalue weighted by molar-refractivity contribution is 5.84. The third-order valence-electron chi connectivity index (χ3n) is 2.66. The van der Waals surface area contributed by atoms with Gasteiger partial charge in [0.2, 0.25) is 5.91 Å². The largest absolute Gasteiger partial charge is 0.398 e. The summed E-state index contributed by atoms with van der Waals surface area (Å²) in [5.74, 6) is -0.0637. The lowest BCUT2D eigenvalue weighted by atomic mass is 10.1.